The summed E-state index contributed by atoms with van der Waals surface area (Å²) < 4.78 is 43.5. The van der Waals surface area contributed by atoms with E-state index in [0.717, 1.165) is 6.07 Å². The van der Waals surface area contributed by atoms with Crippen LogP contribution in [0, 0.1) is 11.3 Å². The second-order valence-corrected chi connectivity index (χ2v) is 4.46. The zero-order valence-corrected chi connectivity index (χ0v) is 12.1. The van der Waals surface area contributed by atoms with Crippen LogP contribution in [0.3, 0.4) is 0 Å². The fraction of sp³-hybridized carbons (Fsp3) is 0.385. The van der Waals surface area contributed by atoms with E-state index in [1.807, 2.05) is 0 Å². The van der Waals surface area contributed by atoms with E-state index in [4.69, 9.17) is 10.00 Å². The molecule has 0 unspecified atom stereocenters. The smallest absolute Gasteiger partial charge is 0.417 e. The van der Waals surface area contributed by atoms with Crippen molar-refractivity contribution in [3.8, 4) is 6.07 Å². The van der Waals surface area contributed by atoms with Gasteiger partial charge in [0.25, 0.3) is 0 Å². The van der Waals surface area contributed by atoms with E-state index in [1.54, 1.807) is 6.92 Å². The maximum atomic E-state index is 12.9. The highest BCUT2D eigenvalue weighted by atomic mass is 79.9. The Labute approximate surface area is 122 Å². The summed E-state index contributed by atoms with van der Waals surface area (Å²) in [6.07, 6.45) is -5.01. The number of esters is 1. The Morgan fingerprint density at radius 2 is 2.10 bits per heavy atom. The van der Waals surface area contributed by atoms with Gasteiger partial charge in [0, 0.05) is 5.33 Å². The van der Waals surface area contributed by atoms with E-state index in [0.29, 0.717) is 5.56 Å². The molecule has 0 N–H and O–H groups in total. The Morgan fingerprint density at radius 1 is 1.45 bits per heavy atom. The van der Waals surface area contributed by atoms with Crippen LogP contribution in [-0.4, -0.2) is 12.6 Å². The minimum atomic E-state index is -4.65. The lowest BCUT2D eigenvalue weighted by Gasteiger charge is -2.14. The van der Waals surface area contributed by atoms with Gasteiger partial charge in [-0.05, 0) is 24.1 Å². The van der Waals surface area contributed by atoms with Crippen LogP contribution in [0.5, 0.6) is 0 Å². The second-order valence-electron chi connectivity index (χ2n) is 3.90. The third-order valence-electron chi connectivity index (χ3n) is 2.49. The first-order valence-corrected chi connectivity index (χ1v) is 6.80. The van der Waals surface area contributed by atoms with Crippen molar-refractivity contribution in [1.29, 1.82) is 5.26 Å². The third-order valence-corrected chi connectivity index (χ3v) is 3.14. The van der Waals surface area contributed by atoms with Crippen molar-refractivity contribution in [2.75, 3.05) is 6.61 Å². The van der Waals surface area contributed by atoms with Crippen LogP contribution in [0.2, 0.25) is 0 Å². The fourth-order valence-corrected chi connectivity index (χ4v) is 2.03. The zero-order chi connectivity index (χ0) is 15.3. The van der Waals surface area contributed by atoms with E-state index in [-0.39, 0.29) is 23.9 Å². The first-order chi connectivity index (χ1) is 9.33. The monoisotopic (exact) mass is 349 g/mol. The number of hydrogen-bond acceptors (Lipinski definition) is 3. The summed E-state index contributed by atoms with van der Waals surface area (Å²) in [5, 5.41) is 9.15. The quantitative estimate of drug-likeness (QED) is 0.616. The predicted octanol–water partition coefficient (Wildman–Crippen LogP) is 3.58. The molecule has 20 heavy (non-hydrogen) atoms. The number of rotatable bonds is 4. The Hall–Kier alpha value is -1.55. The van der Waals surface area contributed by atoms with Gasteiger partial charge in [-0.25, -0.2) is 0 Å². The van der Waals surface area contributed by atoms with Gasteiger partial charge in [-0.2, -0.15) is 18.4 Å². The highest BCUT2D eigenvalue weighted by molar-refractivity contribution is 9.08. The van der Waals surface area contributed by atoms with Crippen molar-refractivity contribution in [3.63, 3.8) is 0 Å². The summed E-state index contributed by atoms with van der Waals surface area (Å²) in [5.74, 6) is -0.663. The minimum Gasteiger partial charge on any atom is -0.466 e. The summed E-state index contributed by atoms with van der Waals surface area (Å²) in [5.41, 5.74) is -1.20. The molecule has 1 aromatic carbocycles. The van der Waals surface area contributed by atoms with Gasteiger partial charge >= 0.3 is 12.1 Å². The maximum absolute atomic E-state index is 12.9. The molecule has 0 amide bonds. The molecule has 0 heterocycles. The average Bonchev–Trinajstić information content (AvgIpc) is 2.36. The Kier molecular flexibility index (Phi) is 5.57. The maximum Gasteiger partial charge on any atom is 0.417 e. The highest BCUT2D eigenvalue weighted by Gasteiger charge is 2.35. The van der Waals surface area contributed by atoms with E-state index in [2.05, 4.69) is 15.9 Å². The number of hydrogen-bond donors (Lipinski definition) is 0. The van der Waals surface area contributed by atoms with Crippen LogP contribution >= 0.6 is 15.9 Å². The first-order valence-electron chi connectivity index (χ1n) is 5.68. The molecule has 0 atom stereocenters. The van der Waals surface area contributed by atoms with Gasteiger partial charge in [0.05, 0.1) is 24.2 Å². The molecule has 1 rings (SSSR count). The molecule has 0 aliphatic heterocycles. The molecule has 0 saturated carbocycles. The van der Waals surface area contributed by atoms with Crippen LogP contribution < -0.4 is 0 Å². The Balaban J connectivity index is 3.35. The number of benzene rings is 1. The normalized spacial score (nSPS) is 11.0. The average molecular weight is 350 g/mol. The summed E-state index contributed by atoms with van der Waals surface area (Å²) >= 11 is 3.07. The van der Waals surface area contributed by atoms with Gasteiger partial charge in [-0.15, -0.1) is 0 Å². The molecule has 0 saturated heterocycles. The lowest BCUT2D eigenvalue weighted by molar-refractivity contribution is -0.142. The van der Waals surface area contributed by atoms with Crippen LogP contribution in [0.15, 0.2) is 12.1 Å². The first kappa shape index (κ1) is 16.5. The lowest BCUT2D eigenvalue weighted by Crippen LogP contribution is -2.14. The third kappa shape index (κ3) is 3.97. The molecule has 0 fully saturated rings. The molecule has 7 heteroatoms. The van der Waals surface area contributed by atoms with Gasteiger partial charge in [0.2, 0.25) is 0 Å². The summed E-state index contributed by atoms with van der Waals surface area (Å²) in [4.78, 5) is 11.4. The number of nitrogens with zero attached hydrogens (tertiary/aromatic N) is 1. The number of nitriles is 1. The lowest BCUT2D eigenvalue weighted by atomic mass is 9.96. The topological polar surface area (TPSA) is 50.1 Å². The van der Waals surface area contributed by atoms with Gasteiger partial charge in [-0.3, -0.25) is 4.79 Å². The molecule has 108 valence electrons. The Bertz CT molecular complexity index is 550. The molecule has 0 radical (unpaired) electrons. The number of carbonyl (C=O) groups excluding carboxylic acids is 1. The molecular weight excluding hydrogens is 339 g/mol. The highest BCUT2D eigenvalue weighted by Crippen LogP contribution is 2.34. The minimum absolute atomic E-state index is 0.0234. The Morgan fingerprint density at radius 3 is 2.55 bits per heavy atom. The fourth-order valence-electron chi connectivity index (χ4n) is 1.71. The zero-order valence-electron chi connectivity index (χ0n) is 10.6. The molecular formula is C13H11BrF3NO2. The SMILES string of the molecule is CCOC(=O)Cc1cc(CBr)cc(C(F)(F)F)c1C#N. The van der Waals surface area contributed by atoms with Crippen molar-refractivity contribution in [2.24, 2.45) is 0 Å². The van der Waals surface area contributed by atoms with Crippen molar-refractivity contribution in [2.45, 2.75) is 24.9 Å². The molecule has 0 bridgehead atoms. The summed E-state index contributed by atoms with van der Waals surface area (Å²) in [6, 6.07) is 3.83. The van der Waals surface area contributed by atoms with E-state index in [9.17, 15) is 18.0 Å². The molecule has 0 aliphatic rings. The van der Waals surface area contributed by atoms with Crippen molar-refractivity contribution >= 4 is 21.9 Å². The van der Waals surface area contributed by atoms with Crippen LogP contribution in [0.4, 0.5) is 13.2 Å². The number of ether oxygens (including phenoxy) is 1. The summed E-state index contributed by atoms with van der Waals surface area (Å²) in [6.45, 7) is 1.73. The molecule has 1 aromatic rings. The standard InChI is InChI=1S/C13H11BrF3NO2/c1-2-20-12(19)5-9-3-8(6-14)4-11(10(9)7-18)13(15,16)17/h3-4H,2,5-6H2,1H3. The van der Waals surface area contributed by atoms with Crippen LogP contribution in [0.25, 0.3) is 0 Å². The number of alkyl halides is 4. The van der Waals surface area contributed by atoms with Gasteiger partial charge < -0.3 is 4.74 Å². The largest absolute Gasteiger partial charge is 0.466 e. The van der Waals surface area contributed by atoms with Gasteiger partial charge in [0.15, 0.2) is 0 Å². The number of carbonyl (C=O) groups is 1. The van der Waals surface area contributed by atoms with E-state index < -0.39 is 23.3 Å². The van der Waals surface area contributed by atoms with E-state index in [1.165, 1.54) is 12.1 Å². The molecule has 0 spiro atoms. The van der Waals surface area contributed by atoms with Crippen LogP contribution in [0.1, 0.15) is 29.2 Å². The van der Waals surface area contributed by atoms with Gasteiger partial charge in [0.1, 0.15) is 6.07 Å². The van der Waals surface area contributed by atoms with Crippen LogP contribution in [-0.2, 0) is 27.5 Å². The number of halogens is 4. The second kappa shape index (κ2) is 6.75. The van der Waals surface area contributed by atoms with Gasteiger partial charge in [-0.1, -0.05) is 22.0 Å². The predicted molar refractivity (Wildman–Crippen MR) is 69.1 cm³/mol. The van der Waals surface area contributed by atoms with E-state index >= 15 is 0 Å². The van der Waals surface area contributed by atoms with Crippen molar-refractivity contribution in [3.05, 3.63) is 34.4 Å². The van der Waals surface area contributed by atoms with Crippen molar-refractivity contribution in [1.82, 2.24) is 0 Å². The molecule has 0 aromatic heterocycles. The molecule has 0 aliphatic carbocycles. The van der Waals surface area contributed by atoms with Crippen molar-refractivity contribution < 1.29 is 22.7 Å². The molecule has 3 nitrogen and oxygen atoms in total. The summed E-state index contributed by atoms with van der Waals surface area (Å²) in [7, 11) is 0.